The number of hydrogen-bond donors (Lipinski definition) is 2. The van der Waals surface area contributed by atoms with Gasteiger partial charge in [0.05, 0.1) is 11.4 Å². The van der Waals surface area contributed by atoms with Crippen LogP contribution in [0.5, 0.6) is 5.75 Å². The highest BCUT2D eigenvalue weighted by atomic mass is 19.4. The van der Waals surface area contributed by atoms with Crippen LogP contribution < -0.4 is 10.1 Å². The number of rotatable bonds is 6. The summed E-state index contributed by atoms with van der Waals surface area (Å²) in [5.74, 6) is -0.180. The average molecular weight is 441 g/mol. The van der Waals surface area contributed by atoms with Gasteiger partial charge in [0, 0.05) is 6.20 Å². The van der Waals surface area contributed by atoms with E-state index in [0.29, 0.717) is 5.75 Å². The zero-order chi connectivity index (χ0) is 22.7. The molecule has 1 amide bonds. The van der Waals surface area contributed by atoms with E-state index in [-0.39, 0.29) is 18.1 Å². The van der Waals surface area contributed by atoms with Gasteiger partial charge in [0.1, 0.15) is 5.75 Å². The number of nitrogens with one attached hydrogen (secondary N) is 2. The minimum atomic E-state index is -4.70. The highest BCUT2D eigenvalue weighted by Gasteiger charge is 2.38. The van der Waals surface area contributed by atoms with Gasteiger partial charge in [-0.15, -0.1) is 0 Å². The minimum absolute atomic E-state index is 0.0243. The smallest absolute Gasteiger partial charge is 0.437 e. The van der Waals surface area contributed by atoms with E-state index in [9.17, 15) is 18.0 Å². The maximum atomic E-state index is 13.0. The molecule has 0 radical (unpaired) electrons. The number of alkyl halides is 3. The van der Waals surface area contributed by atoms with E-state index in [1.807, 2.05) is 54.6 Å². The molecule has 10 heteroatoms. The van der Waals surface area contributed by atoms with Gasteiger partial charge < -0.3 is 10.1 Å². The van der Waals surface area contributed by atoms with Crippen molar-refractivity contribution in [3.05, 3.63) is 83.9 Å². The molecule has 0 unspecified atom stereocenters. The molecule has 4 rings (SSSR count). The Labute approximate surface area is 180 Å². The fraction of sp³-hybridized carbons (Fsp3) is 0.136. The van der Waals surface area contributed by atoms with Crippen LogP contribution in [0.25, 0.3) is 11.1 Å². The van der Waals surface area contributed by atoms with Crippen LogP contribution in [0, 0.1) is 6.92 Å². The van der Waals surface area contributed by atoms with Crippen LogP contribution in [-0.2, 0) is 12.9 Å². The van der Waals surface area contributed by atoms with Gasteiger partial charge in [0.25, 0.3) is 5.91 Å². The van der Waals surface area contributed by atoms with Crippen molar-refractivity contribution >= 4 is 11.6 Å². The van der Waals surface area contributed by atoms with E-state index >= 15 is 0 Å². The van der Waals surface area contributed by atoms with Gasteiger partial charge in [-0.2, -0.15) is 23.4 Å². The van der Waals surface area contributed by atoms with Gasteiger partial charge in [-0.05, 0) is 36.2 Å². The Morgan fingerprint density at radius 2 is 1.75 bits per heavy atom. The Bertz CT molecular complexity index is 1210. The zero-order valence-electron chi connectivity index (χ0n) is 16.8. The summed E-state index contributed by atoms with van der Waals surface area (Å²) in [6.45, 7) is 1.41. The van der Waals surface area contributed by atoms with Crippen molar-refractivity contribution in [2.75, 3.05) is 5.32 Å². The molecular weight excluding hydrogens is 423 g/mol. The molecule has 2 N–H and O–H groups in total. The molecule has 4 aromatic rings. The van der Waals surface area contributed by atoms with Crippen molar-refractivity contribution in [1.82, 2.24) is 20.0 Å². The third-order valence-corrected chi connectivity index (χ3v) is 4.65. The zero-order valence-corrected chi connectivity index (χ0v) is 16.8. The molecule has 2 aromatic carbocycles. The van der Waals surface area contributed by atoms with Crippen LogP contribution in [0.4, 0.5) is 18.9 Å². The molecule has 2 aromatic heterocycles. The summed E-state index contributed by atoms with van der Waals surface area (Å²) in [6.07, 6.45) is -3.20. The standard InChI is InChI=1S/C22H18F3N5O2/c1-14-19(20(28-27-14)22(23,24)25)26-21(31)18-11-12-30(29-18)13-32-17-9-7-16(8-10-17)15-5-3-2-4-6-15/h2-12H,13H2,1H3,(H,26,31)(H,27,28). The highest BCUT2D eigenvalue weighted by molar-refractivity contribution is 6.03. The fourth-order valence-electron chi connectivity index (χ4n) is 3.03. The lowest BCUT2D eigenvalue weighted by atomic mass is 10.1. The van der Waals surface area contributed by atoms with E-state index in [1.54, 1.807) is 0 Å². The predicted molar refractivity (Wildman–Crippen MR) is 111 cm³/mol. The Hall–Kier alpha value is -4.08. The Morgan fingerprint density at radius 1 is 1.06 bits per heavy atom. The summed E-state index contributed by atoms with van der Waals surface area (Å²) in [4.78, 5) is 12.4. The molecule has 0 aliphatic heterocycles. The number of nitrogens with zero attached hydrogens (tertiary/aromatic N) is 3. The number of aromatic nitrogens is 4. The topological polar surface area (TPSA) is 84.8 Å². The summed E-state index contributed by atoms with van der Waals surface area (Å²) >= 11 is 0. The molecule has 0 aliphatic rings. The Balaban J connectivity index is 1.38. The first kappa shape index (κ1) is 21.2. The van der Waals surface area contributed by atoms with Crippen molar-refractivity contribution in [2.24, 2.45) is 0 Å². The fourth-order valence-corrected chi connectivity index (χ4v) is 3.03. The van der Waals surface area contributed by atoms with Gasteiger partial charge in [-0.3, -0.25) is 9.89 Å². The van der Waals surface area contributed by atoms with Crippen LogP contribution in [0.15, 0.2) is 66.9 Å². The quantitative estimate of drug-likeness (QED) is 0.446. The number of anilines is 1. The average Bonchev–Trinajstić information content (AvgIpc) is 3.40. The summed E-state index contributed by atoms with van der Waals surface area (Å²) in [5, 5.41) is 11.7. The van der Waals surface area contributed by atoms with Gasteiger partial charge in [0.2, 0.25) is 0 Å². The van der Waals surface area contributed by atoms with Crippen molar-refractivity contribution in [1.29, 1.82) is 0 Å². The third kappa shape index (κ3) is 4.64. The van der Waals surface area contributed by atoms with Crippen LogP contribution in [0.3, 0.4) is 0 Å². The molecule has 0 aliphatic carbocycles. The minimum Gasteiger partial charge on any atom is -0.471 e. The number of amides is 1. The number of ether oxygens (including phenoxy) is 1. The number of benzene rings is 2. The SMILES string of the molecule is Cc1[nH]nc(C(F)(F)F)c1NC(=O)c1ccn(COc2ccc(-c3ccccc3)cc2)n1. The highest BCUT2D eigenvalue weighted by Crippen LogP contribution is 2.34. The molecule has 164 valence electrons. The lowest BCUT2D eigenvalue weighted by molar-refractivity contribution is -0.140. The summed E-state index contributed by atoms with van der Waals surface area (Å²) < 4.78 is 46.1. The second-order valence-electron chi connectivity index (χ2n) is 6.93. The molecule has 0 bridgehead atoms. The molecule has 32 heavy (non-hydrogen) atoms. The predicted octanol–water partition coefficient (Wildman–Crippen LogP) is 4.89. The van der Waals surface area contributed by atoms with Crippen molar-refractivity contribution in [2.45, 2.75) is 19.8 Å². The second kappa shape index (κ2) is 8.58. The first-order valence-corrected chi connectivity index (χ1v) is 9.56. The number of aryl methyl sites for hydroxylation is 1. The Kier molecular flexibility index (Phi) is 5.67. The van der Waals surface area contributed by atoms with Crippen LogP contribution >= 0.6 is 0 Å². The van der Waals surface area contributed by atoms with E-state index < -0.39 is 23.5 Å². The molecular formula is C22H18F3N5O2. The third-order valence-electron chi connectivity index (χ3n) is 4.65. The van der Waals surface area contributed by atoms with Gasteiger partial charge in [0.15, 0.2) is 18.1 Å². The Morgan fingerprint density at radius 3 is 2.44 bits per heavy atom. The lowest BCUT2D eigenvalue weighted by Gasteiger charge is -2.08. The van der Waals surface area contributed by atoms with Gasteiger partial charge in [-0.1, -0.05) is 42.5 Å². The molecule has 0 saturated heterocycles. The largest absolute Gasteiger partial charge is 0.471 e. The molecule has 0 atom stereocenters. The van der Waals surface area contributed by atoms with E-state index in [1.165, 1.54) is 23.9 Å². The lowest BCUT2D eigenvalue weighted by Crippen LogP contribution is -2.17. The van der Waals surface area contributed by atoms with Crippen LogP contribution in [0.2, 0.25) is 0 Å². The second-order valence-corrected chi connectivity index (χ2v) is 6.93. The number of aromatic amines is 1. The number of hydrogen-bond acceptors (Lipinski definition) is 4. The summed E-state index contributed by atoms with van der Waals surface area (Å²) in [6, 6.07) is 18.8. The van der Waals surface area contributed by atoms with Crippen LogP contribution in [0.1, 0.15) is 21.9 Å². The first-order chi connectivity index (χ1) is 15.3. The van der Waals surface area contributed by atoms with Crippen molar-refractivity contribution in [3.8, 4) is 16.9 Å². The maximum Gasteiger partial charge on any atom is 0.437 e. The van der Waals surface area contributed by atoms with E-state index in [4.69, 9.17) is 4.74 Å². The van der Waals surface area contributed by atoms with Gasteiger partial charge >= 0.3 is 6.18 Å². The van der Waals surface area contributed by atoms with Crippen molar-refractivity contribution in [3.63, 3.8) is 0 Å². The summed E-state index contributed by atoms with van der Waals surface area (Å²) in [5.41, 5.74) is 0.554. The molecule has 7 nitrogen and oxygen atoms in total. The van der Waals surface area contributed by atoms with E-state index in [0.717, 1.165) is 11.1 Å². The monoisotopic (exact) mass is 441 g/mol. The maximum absolute atomic E-state index is 13.0. The van der Waals surface area contributed by atoms with Crippen molar-refractivity contribution < 1.29 is 22.7 Å². The number of carbonyl (C=O) groups excluding carboxylic acids is 1. The molecule has 0 spiro atoms. The molecule has 0 saturated carbocycles. The first-order valence-electron chi connectivity index (χ1n) is 9.56. The summed E-state index contributed by atoms with van der Waals surface area (Å²) in [7, 11) is 0. The number of halogens is 3. The molecule has 0 fully saturated rings. The van der Waals surface area contributed by atoms with E-state index in [2.05, 4.69) is 20.6 Å². The number of carbonyl (C=O) groups is 1. The number of H-pyrrole nitrogens is 1. The van der Waals surface area contributed by atoms with Crippen LogP contribution in [-0.4, -0.2) is 25.9 Å². The van der Waals surface area contributed by atoms with Gasteiger partial charge in [-0.25, -0.2) is 4.68 Å². The normalized spacial score (nSPS) is 11.4. The molecule has 2 heterocycles.